The molecule has 0 aromatic heterocycles. The number of anilines is 2. The van der Waals surface area contributed by atoms with E-state index in [4.69, 9.17) is 10.8 Å². The lowest BCUT2D eigenvalue weighted by atomic mass is 10.0. The van der Waals surface area contributed by atoms with Crippen LogP contribution in [-0.4, -0.2) is 36.8 Å². The average Bonchev–Trinajstić information content (AvgIpc) is 2.44. The Balaban J connectivity index is 2.69. The summed E-state index contributed by atoms with van der Waals surface area (Å²) < 4.78 is 0. The zero-order valence-electron chi connectivity index (χ0n) is 12.5. The van der Waals surface area contributed by atoms with E-state index < -0.39 is 6.04 Å². The van der Waals surface area contributed by atoms with E-state index in [1.54, 1.807) is 0 Å². The molecule has 112 valence electrons. The molecular formula is C15H25N3O2. The van der Waals surface area contributed by atoms with Crippen LogP contribution < -0.4 is 16.0 Å². The van der Waals surface area contributed by atoms with E-state index in [-0.39, 0.29) is 18.4 Å². The number of hydrogen-bond donors (Lipinski definition) is 3. The fourth-order valence-electron chi connectivity index (χ4n) is 1.87. The van der Waals surface area contributed by atoms with Crippen molar-refractivity contribution in [2.45, 2.75) is 26.8 Å². The highest BCUT2D eigenvalue weighted by Crippen LogP contribution is 2.18. The molecule has 0 aliphatic carbocycles. The Labute approximate surface area is 120 Å². The number of aliphatic hydroxyl groups excluding tert-OH is 1. The van der Waals surface area contributed by atoms with Crippen LogP contribution in [0.5, 0.6) is 0 Å². The largest absolute Gasteiger partial charge is 0.395 e. The molecule has 0 saturated heterocycles. The van der Waals surface area contributed by atoms with Crippen molar-refractivity contribution in [3.63, 3.8) is 0 Å². The van der Waals surface area contributed by atoms with Gasteiger partial charge in [-0.25, -0.2) is 0 Å². The van der Waals surface area contributed by atoms with E-state index >= 15 is 0 Å². The summed E-state index contributed by atoms with van der Waals surface area (Å²) in [6.45, 7) is 7.41. The van der Waals surface area contributed by atoms with E-state index in [1.165, 1.54) is 0 Å². The molecule has 0 spiro atoms. The maximum atomic E-state index is 11.9. The maximum Gasteiger partial charge on any atom is 0.241 e. The third-order valence-corrected chi connectivity index (χ3v) is 3.27. The molecule has 1 aromatic carbocycles. The Morgan fingerprint density at radius 3 is 2.40 bits per heavy atom. The molecule has 0 aliphatic heterocycles. The smallest absolute Gasteiger partial charge is 0.241 e. The van der Waals surface area contributed by atoms with Crippen molar-refractivity contribution in [2.75, 3.05) is 29.9 Å². The number of hydrogen-bond acceptors (Lipinski definition) is 4. The van der Waals surface area contributed by atoms with Crippen LogP contribution in [0.2, 0.25) is 0 Å². The number of nitrogens with one attached hydrogen (secondary N) is 1. The number of carbonyl (C=O) groups excluding carboxylic acids is 1. The SMILES string of the molecule is CCN(CCO)c1ccc(NC(=O)C(N)C(C)C)cc1. The fraction of sp³-hybridized carbons (Fsp3) is 0.533. The Morgan fingerprint density at radius 2 is 1.95 bits per heavy atom. The number of nitrogens with two attached hydrogens (primary N) is 1. The van der Waals surface area contributed by atoms with Crippen molar-refractivity contribution in [3.05, 3.63) is 24.3 Å². The minimum Gasteiger partial charge on any atom is -0.395 e. The van der Waals surface area contributed by atoms with Gasteiger partial charge in [-0.05, 0) is 37.1 Å². The van der Waals surface area contributed by atoms with Crippen molar-refractivity contribution in [1.29, 1.82) is 0 Å². The maximum absolute atomic E-state index is 11.9. The molecule has 4 N–H and O–H groups in total. The Hall–Kier alpha value is -1.59. The second-order valence-corrected chi connectivity index (χ2v) is 5.11. The summed E-state index contributed by atoms with van der Waals surface area (Å²) in [5.74, 6) is -0.0649. The van der Waals surface area contributed by atoms with Gasteiger partial charge < -0.3 is 21.1 Å². The van der Waals surface area contributed by atoms with E-state index in [0.29, 0.717) is 6.54 Å². The summed E-state index contributed by atoms with van der Waals surface area (Å²) in [5.41, 5.74) is 7.55. The molecule has 20 heavy (non-hydrogen) atoms. The van der Waals surface area contributed by atoms with Crippen LogP contribution in [-0.2, 0) is 4.79 Å². The van der Waals surface area contributed by atoms with Gasteiger partial charge >= 0.3 is 0 Å². The van der Waals surface area contributed by atoms with Crippen LogP contribution in [0.3, 0.4) is 0 Å². The lowest BCUT2D eigenvalue weighted by molar-refractivity contribution is -0.118. The normalized spacial score (nSPS) is 12.3. The minimum atomic E-state index is -0.504. The standard InChI is InChI=1S/C15H25N3O2/c1-4-18(9-10-19)13-7-5-12(6-8-13)17-15(20)14(16)11(2)3/h5-8,11,14,19H,4,9-10,16H2,1-3H3,(H,17,20). The van der Waals surface area contributed by atoms with Crippen molar-refractivity contribution in [2.24, 2.45) is 11.7 Å². The molecule has 1 atom stereocenters. The van der Waals surface area contributed by atoms with Crippen molar-refractivity contribution in [3.8, 4) is 0 Å². The zero-order valence-corrected chi connectivity index (χ0v) is 12.5. The van der Waals surface area contributed by atoms with Gasteiger partial charge in [-0.1, -0.05) is 13.8 Å². The van der Waals surface area contributed by atoms with Gasteiger partial charge in [0.2, 0.25) is 5.91 Å². The average molecular weight is 279 g/mol. The Morgan fingerprint density at radius 1 is 1.35 bits per heavy atom. The summed E-state index contributed by atoms with van der Waals surface area (Å²) in [5, 5.41) is 11.8. The van der Waals surface area contributed by atoms with Gasteiger partial charge in [-0.2, -0.15) is 0 Å². The van der Waals surface area contributed by atoms with Crippen molar-refractivity contribution in [1.82, 2.24) is 0 Å². The Kier molecular flexibility index (Phi) is 6.48. The number of aliphatic hydroxyl groups is 1. The van der Waals surface area contributed by atoms with Crippen LogP contribution in [0, 0.1) is 5.92 Å². The lowest BCUT2D eigenvalue weighted by Gasteiger charge is -2.22. The molecular weight excluding hydrogens is 254 g/mol. The van der Waals surface area contributed by atoms with Gasteiger partial charge in [0.25, 0.3) is 0 Å². The van der Waals surface area contributed by atoms with Crippen molar-refractivity contribution >= 4 is 17.3 Å². The molecule has 1 amide bonds. The van der Waals surface area contributed by atoms with Gasteiger partial charge in [0.15, 0.2) is 0 Å². The number of benzene rings is 1. The quantitative estimate of drug-likeness (QED) is 0.705. The predicted octanol–water partition coefficient (Wildman–Crippen LogP) is 1.43. The van der Waals surface area contributed by atoms with Gasteiger partial charge in [-0.15, -0.1) is 0 Å². The number of rotatable bonds is 7. The monoisotopic (exact) mass is 279 g/mol. The number of nitrogens with zero attached hydrogens (tertiary/aromatic N) is 1. The molecule has 0 radical (unpaired) electrons. The highest BCUT2D eigenvalue weighted by Gasteiger charge is 2.17. The number of amides is 1. The summed E-state index contributed by atoms with van der Waals surface area (Å²) in [6, 6.07) is 7.04. The van der Waals surface area contributed by atoms with Crippen molar-refractivity contribution < 1.29 is 9.90 Å². The molecule has 1 rings (SSSR count). The molecule has 1 unspecified atom stereocenters. The van der Waals surface area contributed by atoms with E-state index in [9.17, 15) is 4.79 Å². The molecule has 0 saturated carbocycles. The summed E-state index contributed by atoms with van der Waals surface area (Å²) >= 11 is 0. The van der Waals surface area contributed by atoms with E-state index in [0.717, 1.165) is 17.9 Å². The number of likely N-dealkylation sites (N-methyl/N-ethyl adjacent to an activating group) is 1. The third kappa shape index (κ3) is 4.51. The first-order chi connectivity index (χ1) is 9.49. The molecule has 1 aromatic rings. The van der Waals surface area contributed by atoms with Crippen LogP contribution in [0.15, 0.2) is 24.3 Å². The van der Waals surface area contributed by atoms with Gasteiger partial charge in [0.05, 0.1) is 12.6 Å². The van der Waals surface area contributed by atoms with Crippen LogP contribution in [0.1, 0.15) is 20.8 Å². The van der Waals surface area contributed by atoms with E-state index in [1.807, 2.05) is 45.0 Å². The summed E-state index contributed by atoms with van der Waals surface area (Å²) in [7, 11) is 0. The first-order valence-electron chi connectivity index (χ1n) is 7.01. The van der Waals surface area contributed by atoms with Crippen LogP contribution >= 0.6 is 0 Å². The Bertz CT molecular complexity index is 418. The van der Waals surface area contributed by atoms with Gasteiger partial charge in [-0.3, -0.25) is 4.79 Å². The fourth-order valence-corrected chi connectivity index (χ4v) is 1.87. The first kappa shape index (κ1) is 16.5. The molecule has 0 heterocycles. The van der Waals surface area contributed by atoms with E-state index in [2.05, 4.69) is 10.2 Å². The van der Waals surface area contributed by atoms with Gasteiger partial charge in [0, 0.05) is 24.5 Å². The van der Waals surface area contributed by atoms with Crippen LogP contribution in [0.4, 0.5) is 11.4 Å². The summed E-state index contributed by atoms with van der Waals surface area (Å²) in [4.78, 5) is 13.9. The first-order valence-corrected chi connectivity index (χ1v) is 7.01. The minimum absolute atomic E-state index is 0.106. The predicted molar refractivity (Wildman–Crippen MR) is 82.9 cm³/mol. The lowest BCUT2D eigenvalue weighted by Crippen LogP contribution is -2.39. The molecule has 5 heteroatoms. The molecule has 5 nitrogen and oxygen atoms in total. The molecule has 0 bridgehead atoms. The second-order valence-electron chi connectivity index (χ2n) is 5.11. The third-order valence-electron chi connectivity index (χ3n) is 3.27. The molecule has 0 aliphatic rings. The highest BCUT2D eigenvalue weighted by atomic mass is 16.3. The van der Waals surface area contributed by atoms with Crippen LogP contribution in [0.25, 0.3) is 0 Å². The number of carbonyl (C=O) groups is 1. The molecule has 0 fully saturated rings. The second kappa shape index (κ2) is 7.87. The summed E-state index contributed by atoms with van der Waals surface area (Å²) in [6.07, 6.45) is 0. The highest BCUT2D eigenvalue weighted by molar-refractivity contribution is 5.94. The van der Waals surface area contributed by atoms with Gasteiger partial charge in [0.1, 0.15) is 0 Å². The zero-order chi connectivity index (χ0) is 15.1. The topological polar surface area (TPSA) is 78.6 Å².